The Hall–Kier alpha value is -4.26. The van der Waals surface area contributed by atoms with Gasteiger partial charge in [0.05, 0.1) is 43.3 Å². The molecule has 3 aromatic heterocycles. The van der Waals surface area contributed by atoms with Gasteiger partial charge < -0.3 is 30.2 Å². The normalized spacial score (nSPS) is 17.0. The molecule has 2 aliphatic heterocycles. The number of piperidine rings is 1. The summed E-state index contributed by atoms with van der Waals surface area (Å²) in [5.74, 6) is -0.0767. The highest BCUT2D eigenvalue weighted by molar-refractivity contribution is 5.97. The minimum atomic E-state index is -0.642. The average molecular weight is 638 g/mol. The molecule has 3 N–H and O–H groups in total. The molecule has 0 saturated carbocycles. The first-order valence-electron chi connectivity index (χ1n) is 14.8. The second-order valence-corrected chi connectivity index (χ2v) is 11.0. The van der Waals surface area contributed by atoms with Crippen molar-refractivity contribution in [3.05, 3.63) is 66.4 Å². The number of rotatable bonds is 8. The number of ether oxygens (including phenoxy) is 3. The van der Waals surface area contributed by atoms with E-state index in [0.717, 1.165) is 62.3 Å². The van der Waals surface area contributed by atoms with Crippen LogP contribution in [0.2, 0.25) is 0 Å². The van der Waals surface area contributed by atoms with Crippen LogP contribution in [0.15, 0.2) is 55.0 Å². The Labute approximate surface area is 267 Å². The standard InChI is InChI=1S/C32H36FN7O4.ClH/c1-42-27-7-3-6-25(33)30(27)31-23(32(41)43-2)8-9-28(38-31)37-29-15-26(39-12-4-5-21(34)19-39)24(17-35-29)20-16-36-40(18-20)22-10-13-44-14-11-22;/h3,6-9,15-18,21-22H,4-5,10-14,19,34H2,1-2H3,(H,35,37,38);1H/t21-;/m0./s1. The fourth-order valence-corrected chi connectivity index (χ4v) is 5.88. The van der Waals surface area contributed by atoms with Gasteiger partial charge in [-0.1, -0.05) is 6.07 Å². The van der Waals surface area contributed by atoms with Gasteiger partial charge >= 0.3 is 5.97 Å². The molecule has 2 fully saturated rings. The van der Waals surface area contributed by atoms with Crippen LogP contribution in [-0.2, 0) is 9.47 Å². The second-order valence-electron chi connectivity index (χ2n) is 11.0. The fourth-order valence-electron chi connectivity index (χ4n) is 5.88. The molecule has 1 aromatic carbocycles. The third kappa shape index (κ3) is 6.87. The molecule has 2 saturated heterocycles. The molecule has 0 amide bonds. The van der Waals surface area contributed by atoms with Gasteiger partial charge in [0, 0.05) is 67.6 Å². The van der Waals surface area contributed by atoms with Gasteiger partial charge in [-0.15, -0.1) is 12.4 Å². The maximum absolute atomic E-state index is 15.1. The van der Waals surface area contributed by atoms with E-state index in [0.29, 0.717) is 24.2 Å². The number of esters is 1. The van der Waals surface area contributed by atoms with Crippen molar-refractivity contribution in [2.24, 2.45) is 5.73 Å². The number of nitrogens with one attached hydrogen (secondary N) is 1. The summed E-state index contributed by atoms with van der Waals surface area (Å²) in [6, 6.07) is 9.96. The predicted octanol–water partition coefficient (Wildman–Crippen LogP) is 5.39. The molecule has 5 heterocycles. The summed E-state index contributed by atoms with van der Waals surface area (Å²) in [7, 11) is 2.70. The third-order valence-electron chi connectivity index (χ3n) is 8.15. The van der Waals surface area contributed by atoms with Crippen LogP contribution in [0.3, 0.4) is 0 Å². The first kappa shape index (κ1) is 32.1. The van der Waals surface area contributed by atoms with E-state index in [9.17, 15) is 4.79 Å². The van der Waals surface area contributed by atoms with Crippen molar-refractivity contribution in [3.8, 4) is 28.1 Å². The summed E-state index contributed by atoms with van der Waals surface area (Å²) < 4.78 is 33.0. The van der Waals surface area contributed by atoms with Crippen molar-refractivity contribution in [3.63, 3.8) is 0 Å². The lowest BCUT2D eigenvalue weighted by atomic mass is 10.0. The van der Waals surface area contributed by atoms with Crippen molar-refractivity contribution in [1.82, 2.24) is 19.7 Å². The Morgan fingerprint density at radius 2 is 1.93 bits per heavy atom. The van der Waals surface area contributed by atoms with Crippen LogP contribution in [-0.4, -0.2) is 72.3 Å². The van der Waals surface area contributed by atoms with E-state index in [-0.39, 0.29) is 41.0 Å². The molecular formula is C32H37ClFN7O4. The van der Waals surface area contributed by atoms with Gasteiger partial charge in [0.25, 0.3) is 0 Å². The van der Waals surface area contributed by atoms with Gasteiger partial charge in [0.1, 0.15) is 23.2 Å². The molecule has 13 heteroatoms. The lowest BCUT2D eigenvalue weighted by molar-refractivity contribution is 0.0601. The highest BCUT2D eigenvalue weighted by atomic mass is 35.5. The average Bonchev–Trinajstić information content (AvgIpc) is 3.55. The molecule has 0 spiro atoms. The zero-order chi connectivity index (χ0) is 30.6. The number of nitrogens with zero attached hydrogens (tertiary/aromatic N) is 5. The Balaban J connectivity index is 0.00000400. The topological polar surface area (TPSA) is 130 Å². The largest absolute Gasteiger partial charge is 0.496 e. The molecule has 1 atom stereocenters. The van der Waals surface area contributed by atoms with E-state index in [4.69, 9.17) is 24.9 Å². The monoisotopic (exact) mass is 637 g/mol. The van der Waals surface area contributed by atoms with Crippen molar-refractivity contribution >= 4 is 35.7 Å². The second kappa shape index (κ2) is 14.2. The first-order chi connectivity index (χ1) is 21.4. The molecule has 238 valence electrons. The van der Waals surface area contributed by atoms with E-state index < -0.39 is 11.8 Å². The molecule has 4 aromatic rings. The van der Waals surface area contributed by atoms with Crippen molar-refractivity contribution < 1.29 is 23.4 Å². The summed E-state index contributed by atoms with van der Waals surface area (Å²) >= 11 is 0. The minimum absolute atomic E-state index is 0. The van der Waals surface area contributed by atoms with Crippen LogP contribution in [0.1, 0.15) is 42.1 Å². The summed E-state index contributed by atoms with van der Waals surface area (Å²) in [4.78, 5) is 24.3. The zero-order valence-electron chi connectivity index (χ0n) is 25.2. The molecule has 0 bridgehead atoms. The van der Waals surface area contributed by atoms with Gasteiger partial charge in [-0.05, 0) is 49.9 Å². The number of hydrogen-bond donors (Lipinski definition) is 2. The van der Waals surface area contributed by atoms with Crippen LogP contribution < -0.4 is 20.7 Å². The van der Waals surface area contributed by atoms with Crippen molar-refractivity contribution in [2.75, 3.05) is 50.7 Å². The van der Waals surface area contributed by atoms with E-state index in [1.54, 1.807) is 18.2 Å². The van der Waals surface area contributed by atoms with Crippen LogP contribution in [0.4, 0.5) is 21.7 Å². The van der Waals surface area contributed by atoms with E-state index in [1.165, 1.54) is 26.4 Å². The lowest BCUT2D eigenvalue weighted by Gasteiger charge is -2.34. The zero-order valence-corrected chi connectivity index (χ0v) is 26.1. The predicted molar refractivity (Wildman–Crippen MR) is 172 cm³/mol. The van der Waals surface area contributed by atoms with Crippen LogP contribution in [0.25, 0.3) is 22.4 Å². The Morgan fingerprint density at radius 1 is 1.11 bits per heavy atom. The molecule has 2 aliphatic rings. The smallest absolute Gasteiger partial charge is 0.340 e. The quantitative estimate of drug-likeness (QED) is 0.243. The Bertz CT molecular complexity index is 1650. The Morgan fingerprint density at radius 3 is 2.69 bits per heavy atom. The van der Waals surface area contributed by atoms with Gasteiger partial charge in [-0.2, -0.15) is 5.10 Å². The number of nitrogens with two attached hydrogens (primary N) is 1. The number of methoxy groups -OCH3 is 2. The number of pyridine rings is 2. The summed E-state index contributed by atoms with van der Waals surface area (Å²) in [6.45, 7) is 3.05. The van der Waals surface area contributed by atoms with Crippen LogP contribution in [0, 0.1) is 5.82 Å². The van der Waals surface area contributed by atoms with Gasteiger partial charge in [0.2, 0.25) is 0 Å². The molecule has 0 unspecified atom stereocenters. The number of carbonyl (C=O) groups excluding carboxylic acids is 1. The summed E-state index contributed by atoms with van der Waals surface area (Å²) in [5.41, 5.74) is 9.55. The maximum atomic E-state index is 15.1. The number of hydrogen-bond acceptors (Lipinski definition) is 10. The maximum Gasteiger partial charge on any atom is 0.340 e. The minimum Gasteiger partial charge on any atom is -0.496 e. The number of anilines is 3. The molecule has 0 aliphatic carbocycles. The third-order valence-corrected chi connectivity index (χ3v) is 8.15. The van der Waals surface area contributed by atoms with E-state index in [2.05, 4.69) is 26.5 Å². The van der Waals surface area contributed by atoms with Gasteiger partial charge in [-0.3, -0.25) is 4.68 Å². The van der Waals surface area contributed by atoms with Crippen LogP contribution in [0.5, 0.6) is 5.75 Å². The first-order valence-corrected chi connectivity index (χ1v) is 14.8. The molecule has 11 nitrogen and oxygen atoms in total. The fraction of sp³-hybridized carbons (Fsp3) is 0.375. The van der Waals surface area contributed by atoms with Crippen molar-refractivity contribution in [1.29, 1.82) is 0 Å². The molecule has 45 heavy (non-hydrogen) atoms. The SMILES string of the molecule is COC(=O)c1ccc(Nc2cc(N3CCC[C@H](N)C3)c(-c3cnn(C4CCOCC4)c3)cn2)nc1-c1c(F)cccc1OC.Cl. The number of carbonyl (C=O) groups is 1. The molecule has 0 radical (unpaired) electrons. The van der Waals surface area contributed by atoms with E-state index in [1.807, 2.05) is 23.1 Å². The van der Waals surface area contributed by atoms with Crippen LogP contribution >= 0.6 is 12.4 Å². The van der Waals surface area contributed by atoms with Crippen molar-refractivity contribution in [2.45, 2.75) is 37.8 Å². The number of benzene rings is 1. The highest BCUT2D eigenvalue weighted by Crippen LogP contribution is 2.37. The Kier molecular flexibility index (Phi) is 10.2. The highest BCUT2D eigenvalue weighted by Gasteiger charge is 2.25. The summed E-state index contributed by atoms with van der Waals surface area (Å²) in [5, 5.41) is 7.93. The number of aromatic nitrogens is 4. The lowest BCUT2D eigenvalue weighted by Crippen LogP contribution is -2.43. The summed E-state index contributed by atoms with van der Waals surface area (Å²) in [6.07, 6.45) is 9.60. The van der Waals surface area contributed by atoms with E-state index >= 15 is 4.39 Å². The van der Waals surface area contributed by atoms with Gasteiger partial charge in [0.15, 0.2) is 0 Å². The molecular weight excluding hydrogens is 601 g/mol. The number of halogens is 2. The molecule has 6 rings (SSSR count). The van der Waals surface area contributed by atoms with Gasteiger partial charge in [-0.25, -0.2) is 19.2 Å².